The zero-order valence-electron chi connectivity index (χ0n) is 10.1. The number of benzene rings is 1. The van der Waals surface area contributed by atoms with Crippen LogP contribution in [0, 0.1) is 0 Å². The molecule has 0 saturated carbocycles. The molecule has 2 aromatic heterocycles. The molecule has 2 heterocycles. The lowest BCUT2D eigenvalue weighted by molar-refractivity contribution is 0.411. The van der Waals surface area contributed by atoms with Gasteiger partial charge in [0.1, 0.15) is 0 Å². The SMILES string of the molecule is Clc1cccc(-c2noc(/C=C/c3ccc(Br)s3)n2)c1. The van der Waals surface area contributed by atoms with E-state index in [2.05, 4.69) is 26.1 Å². The predicted octanol–water partition coefficient (Wildman–Crippen LogP) is 5.38. The van der Waals surface area contributed by atoms with E-state index in [1.54, 1.807) is 29.5 Å². The molecule has 0 aliphatic heterocycles. The number of thiophene rings is 1. The highest BCUT2D eigenvalue weighted by Gasteiger charge is 2.06. The first-order chi connectivity index (χ1) is 9.70. The van der Waals surface area contributed by atoms with Crippen molar-refractivity contribution in [2.75, 3.05) is 0 Å². The molecule has 1 aromatic carbocycles. The largest absolute Gasteiger partial charge is 0.334 e. The van der Waals surface area contributed by atoms with Crippen LogP contribution >= 0.6 is 38.9 Å². The monoisotopic (exact) mass is 366 g/mol. The topological polar surface area (TPSA) is 38.9 Å². The summed E-state index contributed by atoms with van der Waals surface area (Å²) in [7, 11) is 0. The summed E-state index contributed by atoms with van der Waals surface area (Å²) in [5, 5.41) is 4.59. The Morgan fingerprint density at radius 2 is 2.10 bits per heavy atom. The second-order valence-corrected chi connectivity index (χ2v) is 6.87. The first-order valence-electron chi connectivity index (χ1n) is 5.74. The summed E-state index contributed by atoms with van der Waals surface area (Å²) in [5.74, 6) is 0.990. The third kappa shape index (κ3) is 3.17. The number of halogens is 2. The summed E-state index contributed by atoms with van der Waals surface area (Å²) in [6.45, 7) is 0. The summed E-state index contributed by atoms with van der Waals surface area (Å²) in [4.78, 5) is 5.42. The standard InChI is InChI=1S/C14H8BrClN2OS/c15-12-6-4-11(20-12)5-7-13-17-14(18-19-13)9-2-1-3-10(16)8-9/h1-8H/b7-5+. The second kappa shape index (κ2) is 5.91. The molecule has 0 unspecified atom stereocenters. The molecule has 100 valence electrons. The molecule has 3 nitrogen and oxygen atoms in total. The molecule has 0 radical (unpaired) electrons. The third-order valence-corrected chi connectivity index (χ3v) is 4.33. The fourth-order valence-corrected chi connectivity index (χ4v) is 3.14. The molecule has 0 fully saturated rings. The summed E-state index contributed by atoms with van der Waals surface area (Å²) < 4.78 is 6.27. The Balaban J connectivity index is 1.82. The van der Waals surface area contributed by atoms with Crippen molar-refractivity contribution in [1.29, 1.82) is 0 Å². The lowest BCUT2D eigenvalue weighted by atomic mass is 10.2. The predicted molar refractivity (Wildman–Crippen MR) is 85.7 cm³/mol. The van der Waals surface area contributed by atoms with Crippen molar-refractivity contribution in [2.45, 2.75) is 0 Å². The number of nitrogens with zero attached hydrogens (tertiary/aromatic N) is 2. The van der Waals surface area contributed by atoms with Crippen LogP contribution in [0.5, 0.6) is 0 Å². The van der Waals surface area contributed by atoms with Crippen molar-refractivity contribution in [3.63, 3.8) is 0 Å². The maximum atomic E-state index is 5.94. The Kier molecular flexibility index (Phi) is 4.00. The Morgan fingerprint density at radius 1 is 1.20 bits per heavy atom. The van der Waals surface area contributed by atoms with Gasteiger partial charge in [0.25, 0.3) is 5.89 Å². The average molecular weight is 368 g/mol. The van der Waals surface area contributed by atoms with Crippen molar-refractivity contribution < 1.29 is 4.52 Å². The summed E-state index contributed by atoms with van der Waals surface area (Å²) in [6, 6.07) is 11.4. The molecule has 3 rings (SSSR count). The molecule has 0 N–H and O–H groups in total. The lowest BCUT2D eigenvalue weighted by Crippen LogP contribution is -1.80. The zero-order chi connectivity index (χ0) is 13.9. The highest BCUT2D eigenvalue weighted by atomic mass is 79.9. The van der Waals surface area contributed by atoms with Gasteiger partial charge in [-0.15, -0.1) is 11.3 Å². The van der Waals surface area contributed by atoms with E-state index in [0.29, 0.717) is 16.7 Å². The van der Waals surface area contributed by atoms with Crippen LogP contribution < -0.4 is 0 Å². The molecule has 0 atom stereocenters. The molecule has 0 saturated heterocycles. The van der Waals surface area contributed by atoms with Gasteiger partial charge in [-0.3, -0.25) is 0 Å². The highest BCUT2D eigenvalue weighted by Crippen LogP contribution is 2.24. The van der Waals surface area contributed by atoms with Crippen molar-refractivity contribution >= 4 is 51.0 Å². The molecule has 0 bridgehead atoms. The van der Waals surface area contributed by atoms with E-state index in [4.69, 9.17) is 16.1 Å². The van der Waals surface area contributed by atoms with Crippen LogP contribution in [-0.4, -0.2) is 10.1 Å². The number of rotatable bonds is 3. The first-order valence-corrected chi connectivity index (χ1v) is 7.72. The van der Waals surface area contributed by atoms with Gasteiger partial charge in [0, 0.05) is 21.5 Å². The van der Waals surface area contributed by atoms with E-state index in [1.165, 1.54) is 0 Å². The number of hydrogen-bond acceptors (Lipinski definition) is 4. The van der Waals surface area contributed by atoms with Gasteiger partial charge < -0.3 is 4.52 Å². The summed E-state index contributed by atoms with van der Waals surface area (Å²) in [5.41, 5.74) is 0.833. The van der Waals surface area contributed by atoms with E-state index in [1.807, 2.05) is 30.3 Å². The van der Waals surface area contributed by atoms with Gasteiger partial charge >= 0.3 is 0 Å². The average Bonchev–Trinajstić information content (AvgIpc) is 3.05. The van der Waals surface area contributed by atoms with Crippen molar-refractivity contribution in [1.82, 2.24) is 10.1 Å². The minimum absolute atomic E-state index is 0.462. The van der Waals surface area contributed by atoms with Gasteiger partial charge in [-0.1, -0.05) is 28.9 Å². The molecule has 20 heavy (non-hydrogen) atoms. The normalized spacial score (nSPS) is 11.3. The molecule has 0 amide bonds. The second-order valence-electron chi connectivity index (χ2n) is 3.94. The summed E-state index contributed by atoms with van der Waals surface area (Å²) in [6.07, 6.45) is 3.73. The van der Waals surface area contributed by atoms with Crippen LogP contribution in [0.15, 0.2) is 44.7 Å². The minimum atomic E-state index is 0.462. The fourth-order valence-electron chi connectivity index (χ4n) is 1.62. The van der Waals surface area contributed by atoms with Gasteiger partial charge in [-0.25, -0.2) is 0 Å². The molecular formula is C14H8BrClN2OS. The van der Waals surface area contributed by atoms with Crippen LogP contribution in [0.4, 0.5) is 0 Å². The van der Waals surface area contributed by atoms with Gasteiger partial charge in [0.2, 0.25) is 5.82 Å². The maximum Gasteiger partial charge on any atom is 0.250 e. The van der Waals surface area contributed by atoms with Crippen LogP contribution in [0.2, 0.25) is 5.02 Å². The molecule has 6 heteroatoms. The van der Waals surface area contributed by atoms with E-state index < -0.39 is 0 Å². The van der Waals surface area contributed by atoms with Gasteiger partial charge in [-0.05, 0) is 46.3 Å². The molecule has 3 aromatic rings. The third-order valence-electron chi connectivity index (χ3n) is 2.51. The van der Waals surface area contributed by atoms with E-state index in [0.717, 1.165) is 14.2 Å². The van der Waals surface area contributed by atoms with Gasteiger partial charge in [-0.2, -0.15) is 4.98 Å². The molecule has 0 aliphatic rings. The smallest absolute Gasteiger partial charge is 0.250 e. The fraction of sp³-hybridized carbons (Fsp3) is 0. The van der Waals surface area contributed by atoms with Crippen LogP contribution in [-0.2, 0) is 0 Å². The van der Waals surface area contributed by atoms with Gasteiger partial charge in [0.05, 0.1) is 3.79 Å². The number of aromatic nitrogens is 2. The summed E-state index contributed by atoms with van der Waals surface area (Å²) >= 11 is 11.0. The van der Waals surface area contributed by atoms with Gasteiger partial charge in [0.15, 0.2) is 0 Å². The van der Waals surface area contributed by atoms with Crippen LogP contribution in [0.25, 0.3) is 23.5 Å². The zero-order valence-corrected chi connectivity index (χ0v) is 13.2. The van der Waals surface area contributed by atoms with Crippen LogP contribution in [0.1, 0.15) is 10.8 Å². The lowest BCUT2D eigenvalue weighted by Gasteiger charge is -1.93. The Labute approximate surface area is 133 Å². The number of hydrogen-bond donors (Lipinski definition) is 0. The molecule has 0 aliphatic carbocycles. The first kappa shape index (κ1) is 13.5. The Hall–Kier alpha value is -1.43. The quantitative estimate of drug-likeness (QED) is 0.623. The van der Waals surface area contributed by atoms with Crippen molar-refractivity contribution in [3.05, 3.63) is 56.0 Å². The Bertz CT molecular complexity index is 766. The van der Waals surface area contributed by atoms with Crippen molar-refractivity contribution in [2.24, 2.45) is 0 Å². The maximum absolute atomic E-state index is 5.94. The molecule has 0 spiro atoms. The molecular weight excluding hydrogens is 360 g/mol. The Morgan fingerprint density at radius 3 is 2.85 bits per heavy atom. The highest BCUT2D eigenvalue weighted by molar-refractivity contribution is 9.11. The van der Waals surface area contributed by atoms with E-state index >= 15 is 0 Å². The van der Waals surface area contributed by atoms with Crippen LogP contribution in [0.3, 0.4) is 0 Å². The van der Waals surface area contributed by atoms with E-state index in [-0.39, 0.29) is 0 Å². The minimum Gasteiger partial charge on any atom is -0.334 e. The van der Waals surface area contributed by atoms with Crippen molar-refractivity contribution in [3.8, 4) is 11.4 Å². The van der Waals surface area contributed by atoms with E-state index in [9.17, 15) is 0 Å².